The molecule has 172 valence electrons. The molecular formula is C27H23NO6. The van der Waals surface area contributed by atoms with Crippen molar-refractivity contribution in [1.82, 2.24) is 0 Å². The predicted molar refractivity (Wildman–Crippen MR) is 126 cm³/mol. The van der Waals surface area contributed by atoms with Gasteiger partial charge in [0.25, 0.3) is 5.71 Å². The van der Waals surface area contributed by atoms with Gasteiger partial charge in [-0.05, 0) is 29.3 Å². The standard InChI is InChI=1S/C27H23NO6/c1-32-22-15-13-20(14-16-22)25-23(18-33-24(29)17-12-19-8-4-2-5-9-19)28(31)34-27(25)26(30)21-10-6-3-7-11-21/h2-17,25,27H,18H2,1H3/b17-12+/t25-,27-/m1/s1. The number of rotatable bonds is 8. The van der Waals surface area contributed by atoms with Gasteiger partial charge in [0.15, 0.2) is 12.4 Å². The monoisotopic (exact) mass is 457 g/mol. The molecule has 34 heavy (non-hydrogen) atoms. The van der Waals surface area contributed by atoms with Crippen LogP contribution in [0.15, 0.2) is 91.0 Å². The van der Waals surface area contributed by atoms with Crippen molar-refractivity contribution in [3.05, 3.63) is 113 Å². The van der Waals surface area contributed by atoms with Crippen molar-refractivity contribution in [3.8, 4) is 5.75 Å². The van der Waals surface area contributed by atoms with E-state index in [2.05, 4.69) is 0 Å². The molecule has 0 saturated heterocycles. The maximum atomic E-state index is 13.2. The van der Waals surface area contributed by atoms with Gasteiger partial charge in [-0.3, -0.25) is 10.0 Å². The summed E-state index contributed by atoms with van der Waals surface area (Å²) in [6.45, 7) is -0.323. The summed E-state index contributed by atoms with van der Waals surface area (Å²) in [5.41, 5.74) is 2.05. The molecule has 0 bridgehead atoms. The Kier molecular flexibility index (Phi) is 7.03. The number of ketones is 1. The molecule has 3 aromatic carbocycles. The van der Waals surface area contributed by atoms with Crippen molar-refractivity contribution < 1.29 is 28.8 Å². The number of benzene rings is 3. The van der Waals surface area contributed by atoms with Gasteiger partial charge in [0.1, 0.15) is 11.9 Å². The second-order valence-electron chi connectivity index (χ2n) is 7.61. The molecule has 4 rings (SSSR count). The summed E-state index contributed by atoms with van der Waals surface area (Å²) in [4.78, 5) is 31.2. The highest BCUT2D eigenvalue weighted by molar-refractivity contribution is 6.05. The van der Waals surface area contributed by atoms with Crippen LogP contribution in [0.2, 0.25) is 0 Å². The van der Waals surface area contributed by atoms with Gasteiger partial charge in [-0.2, -0.15) is 0 Å². The molecule has 0 spiro atoms. The lowest BCUT2D eigenvalue weighted by Crippen LogP contribution is -2.31. The Morgan fingerprint density at radius 1 is 0.971 bits per heavy atom. The van der Waals surface area contributed by atoms with Crippen molar-refractivity contribution in [1.29, 1.82) is 0 Å². The Balaban J connectivity index is 1.56. The van der Waals surface area contributed by atoms with E-state index in [1.807, 2.05) is 30.3 Å². The van der Waals surface area contributed by atoms with Crippen molar-refractivity contribution in [2.24, 2.45) is 0 Å². The van der Waals surface area contributed by atoms with Crippen LogP contribution in [-0.2, 0) is 14.4 Å². The summed E-state index contributed by atoms with van der Waals surface area (Å²) in [6.07, 6.45) is 1.81. The number of methoxy groups -OCH3 is 1. The predicted octanol–water partition coefficient (Wildman–Crippen LogP) is 4.18. The maximum Gasteiger partial charge on any atom is 0.331 e. The summed E-state index contributed by atoms with van der Waals surface area (Å²) in [6, 6.07) is 24.9. The number of Topliss-reactive ketones (excluding diaryl/α,β-unsaturated/α-hetero) is 1. The molecule has 0 radical (unpaired) electrons. The average molecular weight is 457 g/mol. The van der Waals surface area contributed by atoms with E-state index >= 15 is 0 Å². The second-order valence-corrected chi connectivity index (χ2v) is 7.61. The zero-order chi connectivity index (χ0) is 23.9. The fourth-order valence-electron chi connectivity index (χ4n) is 3.73. The molecule has 2 atom stereocenters. The molecule has 7 heteroatoms. The highest BCUT2D eigenvalue weighted by atomic mass is 16.9. The normalized spacial score (nSPS) is 17.4. The first-order valence-corrected chi connectivity index (χ1v) is 10.7. The van der Waals surface area contributed by atoms with Gasteiger partial charge in [0.05, 0.1) is 13.0 Å². The Morgan fingerprint density at radius 2 is 1.62 bits per heavy atom. The second kappa shape index (κ2) is 10.5. The van der Waals surface area contributed by atoms with Gasteiger partial charge in [-0.25, -0.2) is 4.79 Å². The van der Waals surface area contributed by atoms with Crippen LogP contribution in [0, 0.1) is 5.21 Å². The van der Waals surface area contributed by atoms with Crippen LogP contribution in [0.5, 0.6) is 5.75 Å². The first-order valence-electron chi connectivity index (χ1n) is 10.7. The van der Waals surface area contributed by atoms with E-state index in [1.54, 1.807) is 67.8 Å². The van der Waals surface area contributed by atoms with Gasteiger partial charge >= 0.3 is 5.97 Å². The third kappa shape index (κ3) is 5.15. The van der Waals surface area contributed by atoms with Crippen molar-refractivity contribution >= 4 is 23.5 Å². The van der Waals surface area contributed by atoms with Crippen LogP contribution in [0.4, 0.5) is 0 Å². The third-order valence-corrected chi connectivity index (χ3v) is 5.47. The van der Waals surface area contributed by atoms with E-state index in [1.165, 1.54) is 6.08 Å². The molecule has 0 N–H and O–H groups in total. The lowest BCUT2D eigenvalue weighted by atomic mass is 9.86. The molecule has 1 aliphatic rings. The molecule has 0 unspecified atom stereocenters. The summed E-state index contributed by atoms with van der Waals surface area (Å²) < 4.78 is 10.5. The van der Waals surface area contributed by atoms with Crippen LogP contribution in [0.25, 0.3) is 6.08 Å². The topological polar surface area (TPSA) is 87.9 Å². The van der Waals surface area contributed by atoms with Gasteiger partial charge in [-0.1, -0.05) is 72.8 Å². The van der Waals surface area contributed by atoms with E-state index in [0.717, 1.165) is 5.56 Å². The van der Waals surface area contributed by atoms with Gasteiger partial charge in [0.2, 0.25) is 0 Å². The lowest BCUT2D eigenvalue weighted by molar-refractivity contribution is -0.737. The largest absolute Gasteiger partial charge is 0.497 e. The smallest absolute Gasteiger partial charge is 0.331 e. The fourth-order valence-corrected chi connectivity index (χ4v) is 3.73. The number of esters is 1. The van der Waals surface area contributed by atoms with E-state index < -0.39 is 18.0 Å². The van der Waals surface area contributed by atoms with Crippen LogP contribution < -0.4 is 4.74 Å². The summed E-state index contributed by atoms with van der Waals surface area (Å²) in [5, 5.41) is 12.7. The molecule has 1 aliphatic heterocycles. The highest BCUT2D eigenvalue weighted by Crippen LogP contribution is 2.32. The minimum Gasteiger partial charge on any atom is -0.497 e. The highest BCUT2D eigenvalue weighted by Gasteiger charge is 2.45. The molecular weight excluding hydrogens is 434 g/mol. The van der Waals surface area contributed by atoms with E-state index in [0.29, 0.717) is 16.9 Å². The third-order valence-electron chi connectivity index (χ3n) is 5.47. The molecule has 7 nitrogen and oxygen atoms in total. The van der Waals surface area contributed by atoms with Crippen LogP contribution in [0.3, 0.4) is 0 Å². The number of carbonyl (C=O) groups is 2. The molecule has 0 fully saturated rings. The number of hydrogen-bond acceptors (Lipinski definition) is 6. The molecule has 0 aromatic heterocycles. The summed E-state index contributed by atoms with van der Waals surface area (Å²) in [5.74, 6) is -1.06. The first-order chi connectivity index (χ1) is 16.6. The zero-order valence-electron chi connectivity index (χ0n) is 18.5. The Hall–Kier alpha value is -4.39. The van der Waals surface area contributed by atoms with Crippen LogP contribution in [-0.4, -0.2) is 42.2 Å². The fraction of sp³-hybridized carbons (Fsp3) is 0.148. The number of nitrogens with zero attached hydrogens (tertiary/aromatic N) is 1. The SMILES string of the molecule is COc1ccc([C@@H]2C(COC(=O)/C=C/c3ccccc3)=[N+]([O-])O[C@H]2C(=O)c2ccccc2)cc1. The molecule has 3 aromatic rings. The van der Waals surface area contributed by atoms with Gasteiger partial charge in [0, 0.05) is 16.5 Å². The Morgan fingerprint density at radius 3 is 2.26 bits per heavy atom. The molecule has 0 saturated carbocycles. The number of carbonyl (C=O) groups excluding carboxylic acids is 2. The molecule has 0 aliphatic carbocycles. The summed E-state index contributed by atoms with van der Waals surface area (Å²) in [7, 11) is 1.55. The van der Waals surface area contributed by atoms with Crippen molar-refractivity contribution in [3.63, 3.8) is 0 Å². The zero-order valence-corrected chi connectivity index (χ0v) is 18.5. The lowest BCUT2D eigenvalue weighted by Gasteiger charge is -2.18. The minimum atomic E-state index is -1.10. The first kappa shape index (κ1) is 22.8. The van der Waals surface area contributed by atoms with E-state index in [9.17, 15) is 14.8 Å². The van der Waals surface area contributed by atoms with E-state index in [-0.39, 0.29) is 23.0 Å². The quantitative estimate of drug-likeness (QED) is 0.218. The molecule has 1 heterocycles. The van der Waals surface area contributed by atoms with Gasteiger partial charge in [-0.15, -0.1) is 0 Å². The number of ether oxygens (including phenoxy) is 2. The maximum absolute atomic E-state index is 13.2. The van der Waals surface area contributed by atoms with E-state index in [4.69, 9.17) is 14.3 Å². The Bertz CT molecular complexity index is 1200. The van der Waals surface area contributed by atoms with Gasteiger partial charge < -0.3 is 14.3 Å². The minimum absolute atomic E-state index is 0.126. The summed E-state index contributed by atoms with van der Waals surface area (Å²) >= 11 is 0. The van der Waals surface area contributed by atoms with Crippen LogP contribution in [0.1, 0.15) is 27.4 Å². The Labute approximate surface area is 197 Å². The van der Waals surface area contributed by atoms with Crippen LogP contribution >= 0.6 is 0 Å². The average Bonchev–Trinajstić information content (AvgIpc) is 3.22. The van der Waals surface area contributed by atoms with Crippen molar-refractivity contribution in [2.45, 2.75) is 12.0 Å². The van der Waals surface area contributed by atoms with Crippen molar-refractivity contribution in [2.75, 3.05) is 13.7 Å². The number of hydrogen-bond donors (Lipinski definition) is 0. The molecule has 0 amide bonds.